The highest BCUT2D eigenvalue weighted by Crippen LogP contribution is 2.34. The maximum atomic E-state index is 13.4. The normalized spacial score (nSPS) is 11.4. The number of aryl methyl sites for hydroxylation is 1. The monoisotopic (exact) mass is 551 g/mol. The number of hydrogen-bond acceptors (Lipinski definition) is 7. The van der Waals surface area contributed by atoms with Crippen LogP contribution in [-0.4, -0.2) is 47.3 Å². The van der Waals surface area contributed by atoms with Crippen LogP contribution in [0.15, 0.2) is 59.4 Å². The van der Waals surface area contributed by atoms with Crippen LogP contribution in [0.3, 0.4) is 0 Å². The maximum Gasteiger partial charge on any atom is 0.332 e. The number of esters is 1. The molecule has 0 aliphatic rings. The van der Waals surface area contributed by atoms with Crippen LogP contribution in [0, 0.1) is 12.7 Å². The Morgan fingerprint density at radius 1 is 1.14 bits per heavy atom. The van der Waals surface area contributed by atoms with E-state index in [2.05, 4.69) is 10.4 Å². The highest BCUT2D eigenvalue weighted by molar-refractivity contribution is 6.42. The zero-order valence-corrected chi connectivity index (χ0v) is 20.9. The number of rotatable bonds is 11. The van der Waals surface area contributed by atoms with Gasteiger partial charge in [-0.2, -0.15) is 10.1 Å². The smallest absolute Gasteiger partial charge is 0.332 e. The van der Waals surface area contributed by atoms with E-state index in [0.717, 1.165) is 6.21 Å². The molecule has 0 aromatic heterocycles. The van der Waals surface area contributed by atoms with Crippen molar-refractivity contribution in [3.63, 3.8) is 0 Å². The van der Waals surface area contributed by atoms with Crippen molar-refractivity contribution in [2.24, 2.45) is 5.10 Å². The van der Waals surface area contributed by atoms with Crippen LogP contribution in [0.2, 0.25) is 10.0 Å². The fraction of sp³-hybridized carbons (Fsp3) is 0.125. The number of carbonyl (C=O) groups excluding carboxylic acids is 3. The molecule has 13 heteroatoms. The molecule has 0 radical (unpaired) electrons. The predicted molar refractivity (Wildman–Crippen MR) is 133 cm³/mol. The van der Waals surface area contributed by atoms with Crippen molar-refractivity contribution in [2.45, 2.75) is 13.8 Å². The van der Waals surface area contributed by atoms with Gasteiger partial charge in [-0.1, -0.05) is 29.3 Å². The fourth-order valence-electron chi connectivity index (χ4n) is 2.56. The molecule has 2 aromatic carbocycles. The average molecular weight is 552 g/mol. The third-order valence-corrected chi connectivity index (χ3v) is 5.08. The Kier molecular flexibility index (Phi) is 10.8. The van der Waals surface area contributed by atoms with Gasteiger partial charge in [0.05, 0.1) is 27.5 Å². The van der Waals surface area contributed by atoms with Crippen molar-refractivity contribution in [2.75, 3.05) is 6.73 Å². The van der Waals surface area contributed by atoms with Crippen LogP contribution in [0.5, 0.6) is 11.5 Å². The van der Waals surface area contributed by atoms with E-state index in [1.54, 1.807) is 13.8 Å². The maximum absolute atomic E-state index is 13.4. The number of amides is 2. The summed E-state index contributed by atoms with van der Waals surface area (Å²) < 4.78 is 23.9. The second-order valence-corrected chi connectivity index (χ2v) is 7.84. The number of carboxylic acid groups (broad SMARTS) is 1. The lowest BCUT2D eigenvalue weighted by Crippen LogP contribution is -2.26. The van der Waals surface area contributed by atoms with E-state index in [0.29, 0.717) is 22.7 Å². The molecule has 2 rings (SSSR count). The minimum Gasteiger partial charge on any atom is -0.478 e. The molecule has 0 atom stereocenters. The molecule has 2 aromatic rings. The van der Waals surface area contributed by atoms with Crippen LogP contribution in [0.4, 0.5) is 4.39 Å². The Bertz CT molecular complexity index is 1300. The molecule has 0 heterocycles. The van der Waals surface area contributed by atoms with E-state index in [1.807, 2.05) is 0 Å². The van der Waals surface area contributed by atoms with Gasteiger partial charge >= 0.3 is 11.9 Å². The lowest BCUT2D eigenvalue weighted by molar-refractivity contribution is -0.145. The van der Waals surface area contributed by atoms with Crippen molar-refractivity contribution < 1.29 is 38.1 Å². The highest BCUT2D eigenvalue weighted by atomic mass is 35.5. The van der Waals surface area contributed by atoms with Crippen LogP contribution in [0.1, 0.15) is 22.8 Å². The third kappa shape index (κ3) is 9.06. The Labute approximate surface area is 220 Å². The number of carbonyl (C=O) groups is 4. The Hall–Kier alpha value is -4.22. The van der Waals surface area contributed by atoms with Gasteiger partial charge in [-0.05, 0) is 43.7 Å². The molecule has 0 aliphatic carbocycles. The first-order valence-corrected chi connectivity index (χ1v) is 11.0. The molecule has 0 aliphatic heterocycles. The second kappa shape index (κ2) is 13.8. The number of aliphatic carboxylic acids is 1. The van der Waals surface area contributed by atoms with E-state index in [1.165, 1.54) is 36.4 Å². The first-order chi connectivity index (χ1) is 17.5. The van der Waals surface area contributed by atoms with Gasteiger partial charge in [0, 0.05) is 18.2 Å². The summed E-state index contributed by atoms with van der Waals surface area (Å²) in [5.41, 5.74) is 0.619. The van der Waals surface area contributed by atoms with Gasteiger partial charge < -0.3 is 19.9 Å². The van der Waals surface area contributed by atoms with Crippen molar-refractivity contribution in [1.29, 1.82) is 0 Å². The number of nitrogens with one attached hydrogen (secondary N) is 1. The molecule has 0 saturated carbocycles. The molecular formula is C24H20Cl2FN3O7. The summed E-state index contributed by atoms with van der Waals surface area (Å²) in [4.78, 5) is 46.1. The van der Waals surface area contributed by atoms with Gasteiger partial charge in [-0.25, -0.2) is 14.0 Å². The molecule has 0 saturated heterocycles. The quantitative estimate of drug-likeness (QED) is 0.105. The Morgan fingerprint density at radius 3 is 2.46 bits per heavy atom. The zero-order valence-electron chi connectivity index (χ0n) is 19.4. The molecule has 0 bridgehead atoms. The molecular weight excluding hydrogens is 532 g/mol. The van der Waals surface area contributed by atoms with Gasteiger partial charge in [-0.15, -0.1) is 0 Å². The number of benzene rings is 2. The van der Waals surface area contributed by atoms with E-state index in [-0.39, 0.29) is 39.2 Å². The first kappa shape index (κ1) is 29.0. The molecule has 0 unspecified atom stereocenters. The van der Waals surface area contributed by atoms with Gasteiger partial charge in [-0.3, -0.25) is 9.59 Å². The summed E-state index contributed by atoms with van der Waals surface area (Å²) in [6.45, 7) is 2.59. The summed E-state index contributed by atoms with van der Waals surface area (Å²) in [6.07, 6.45) is 4.05. The van der Waals surface area contributed by atoms with Crippen LogP contribution in [0.25, 0.3) is 0 Å². The van der Waals surface area contributed by atoms with E-state index in [9.17, 15) is 23.6 Å². The number of halogens is 3. The van der Waals surface area contributed by atoms with Crippen molar-refractivity contribution >= 4 is 53.7 Å². The lowest BCUT2D eigenvalue weighted by Gasteiger charge is -2.15. The summed E-state index contributed by atoms with van der Waals surface area (Å²) in [7, 11) is 0. The largest absolute Gasteiger partial charge is 0.478 e. The molecule has 37 heavy (non-hydrogen) atoms. The minimum absolute atomic E-state index is 0.00253. The van der Waals surface area contributed by atoms with E-state index >= 15 is 0 Å². The van der Waals surface area contributed by atoms with Crippen molar-refractivity contribution in [3.05, 3.63) is 81.2 Å². The van der Waals surface area contributed by atoms with E-state index < -0.39 is 30.4 Å². The number of carboxylic acids is 1. The van der Waals surface area contributed by atoms with Crippen LogP contribution >= 0.6 is 23.2 Å². The second-order valence-electron chi connectivity index (χ2n) is 7.03. The minimum atomic E-state index is -1.35. The first-order valence-electron chi connectivity index (χ1n) is 10.3. The Morgan fingerprint density at radius 2 is 1.84 bits per heavy atom. The number of allylic oxidation sites excluding steroid dienone is 2. The molecule has 10 nitrogen and oxygen atoms in total. The zero-order chi connectivity index (χ0) is 27.5. The molecule has 2 amide bonds. The lowest BCUT2D eigenvalue weighted by atomic mass is 10.1. The third-order valence-electron chi connectivity index (χ3n) is 4.36. The SMILES string of the molecule is C/C=C(\C=N/N(C=O)COC(=O)/C=C/C(=O)O)NC(=O)c1cc(Cl)c(Cl)cc1Oc1ccc(F)cc1C. The standard InChI is InChI=1S/C24H20Cl2FN3O7/c1-3-16(11-28-30(12-31)13-36-23(34)7-6-22(32)33)29-24(35)17-9-18(25)19(26)10-21(17)37-20-5-4-15(27)8-14(20)2/h3-12H,13H2,1-2H3,(H,29,35)(H,32,33)/b7-6+,16-3+,28-11-. The van der Waals surface area contributed by atoms with E-state index in [4.69, 9.17) is 37.8 Å². The highest BCUT2D eigenvalue weighted by Gasteiger charge is 2.18. The molecule has 194 valence electrons. The number of nitrogens with zero attached hydrogens (tertiary/aromatic N) is 2. The Balaban J connectivity index is 2.17. The van der Waals surface area contributed by atoms with Crippen LogP contribution < -0.4 is 10.1 Å². The fourth-order valence-corrected chi connectivity index (χ4v) is 2.88. The number of ether oxygens (including phenoxy) is 2. The topological polar surface area (TPSA) is 135 Å². The summed E-state index contributed by atoms with van der Waals surface area (Å²) in [5, 5.41) is 15.7. The predicted octanol–water partition coefficient (Wildman–Crippen LogP) is 4.45. The summed E-state index contributed by atoms with van der Waals surface area (Å²) in [5.74, 6) is -3.15. The van der Waals surface area contributed by atoms with Crippen molar-refractivity contribution in [1.82, 2.24) is 10.3 Å². The van der Waals surface area contributed by atoms with Gasteiger partial charge in [0.15, 0.2) is 6.73 Å². The van der Waals surface area contributed by atoms with Gasteiger partial charge in [0.1, 0.15) is 17.3 Å². The van der Waals surface area contributed by atoms with Crippen LogP contribution in [-0.2, 0) is 19.1 Å². The molecule has 0 spiro atoms. The number of hydrogen-bond donors (Lipinski definition) is 2. The average Bonchev–Trinajstić information content (AvgIpc) is 2.85. The summed E-state index contributed by atoms with van der Waals surface area (Å²) >= 11 is 12.2. The number of hydrazone groups is 1. The van der Waals surface area contributed by atoms with Crippen molar-refractivity contribution in [3.8, 4) is 11.5 Å². The van der Waals surface area contributed by atoms with Gasteiger partial charge in [0.25, 0.3) is 5.91 Å². The molecule has 0 fully saturated rings. The summed E-state index contributed by atoms with van der Waals surface area (Å²) in [6, 6.07) is 6.50. The van der Waals surface area contributed by atoms with Gasteiger partial charge in [0.2, 0.25) is 6.41 Å². The molecule has 2 N–H and O–H groups in total.